The van der Waals surface area contributed by atoms with Gasteiger partial charge in [-0.3, -0.25) is 4.57 Å². The summed E-state index contributed by atoms with van der Waals surface area (Å²) >= 11 is 0. The van der Waals surface area contributed by atoms with Gasteiger partial charge in [-0.05, 0) is 6.92 Å². The molecule has 2 unspecified atom stereocenters. The molecule has 4 nitrogen and oxygen atoms in total. The zero-order valence-corrected chi connectivity index (χ0v) is 8.97. The lowest BCUT2D eigenvalue weighted by atomic mass is 10.5. The highest BCUT2D eigenvalue weighted by Crippen LogP contribution is 2.47. The van der Waals surface area contributed by atoms with Crippen molar-refractivity contribution in [2.45, 2.75) is 20.0 Å². The van der Waals surface area contributed by atoms with E-state index >= 15 is 0 Å². The fraction of sp³-hybridized carbons (Fsp3) is 1.00. The highest BCUT2D eigenvalue weighted by molar-refractivity contribution is 7.53. The first-order valence-corrected chi connectivity index (χ1v) is 5.63. The van der Waals surface area contributed by atoms with Crippen LogP contribution in [0.1, 0.15) is 13.8 Å². The Morgan fingerprint density at radius 2 is 2.00 bits per heavy atom. The number of ether oxygens (including phenoxy) is 1. The maximum atomic E-state index is 11.5. The molecular weight excluding hydrogens is 179 g/mol. The molecule has 0 aromatic carbocycles. The van der Waals surface area contributed by atoms with Gasteiger partial charge in [0.2, 0.25) is 0 Å². The van der Waals surface area contributed by atoms with E-state index in [9.17, 15) is 4.57 Å². The fourth-order valence-corrected chi connectivity index (χ4v) is 1.89. The van der Waals surface area contributed by atoms with Crippen molar-refractivity contribution in [2.75, 3.05) is 27.0 Å². The number of rotatable bonds is 6. The molecule has 0 fully saturated rings. The molecule has 0 aromatic rings. The van der Waals surface area contributed by atoms with E-state index in [-0.39, 0.29) is 6.10 Å². The zero-order valence-electron chi connectivity index (χ0n) is 8.07. The van der Waals surface area contributed by atoms with Crippen molar-refractivity contribution >= 4 is 7.60 Å². The van der Waals surface area contributed by atoms with Crippen LogP contribution in [0.3, 0.4) is 0 Å². The molecule has 0 radical (unpaired) electrons. The standard InChI is InChI=1S/C7H17O4P/c1-5-12(8,10-4)11-7(2)6-9-3/h7H,5-6H2,1-4H3. The van der Waals surface area contributed by atoms with Crippen LogP contribution in [0.25, 0.3) is 0 Å². The smallest absolute Gasteiger partial charge is 0.330 e. The van der Waals surface area contributed by atoms with Gasteiger partial charge in [0, 0.05) is 20.4 Å². The Morgan fingerprint density at radius 3 is 2.33 bits per heavy atom. The maximum absolute atomic E-state index is 11.5. The lowest BCUT2D eigenvalue weighted by Gasteiger charge is -2.18. The zero-order chi connectivity index (χ0) is 9.61. The van der Waals surface area contributed by atoms with E-state index in [4.69, 9.17) is 13.8 Å². The molecule has 74 valence electrons. The molecular formula is C7H17O4P. The van der Waals surface area contributed by atoms with Gasteiger partial charge in [-0.2, -0.15) is 0 Å². The fourth-order valence-electron chi connectivity index (χ4n) is 0.786. The van der Waals surface area contributed by atoms with Gasteiger partial charge in [-0.1, -0.05) is 6.92 Å². The van der Waals surface area contributed by atoms with Crippen LogP contribution < -0.4 is 0 Å². The molecule has 0 aliphatic carbocycles. The van der Waals surface area contributed by atoms with Crippen molar-refractivity contribution in [1.29, 1.82) is 0 Å². The second-order valence-electron chi connectivity index (χ2n) is 2.48. The largest absolute Gasteiger partial charge is 0.382 e. The van der Waals surface area contributed by atoms with Crippen LogP contribution in [-0.2, 0) is 18.3 Å². The van der Waals surface area contributed by atoms with Gasteiger partial charge < -0.3 is 13.8 Å². The summed E-state index contributed by atoms with van der Waals surface area (Å²) in [5.74, 6) is 0. The van der Waals surface area contributed by atoms with Crippen molar-refractivity contribution in [1.82, 2.24) is 0 Å². The highest BCUT2D eigenvalue weighted by Gasteiger charge is 2.22. The average molecular weight is 196 g/mol. The topological polar surface area (TPSA) is 44.8 Å². The molecule has 0 N–H and O–H groups in total. The van der Waals surface area contributed by atoms with Gasteiger partial charge >= 0.3 is 7.60 Å². The molecule has 0 bridgehead atoms. The molecule has 2 atom stereocenters. The third-order valence-electron chi connectivity index (χ3n) is 1.41. The van der Waals surface area contributed by atoms with Gasteiger partial charge in [0.05, 0.1) is 12.7 Å². The van der Waals surface area contributed by atoms with Crippen LogP contribution in [0.5, 0.6) is 0 Å². The summed E-state index contributed by atoms with van der Waals surface area (Å²) in [5, 5.41) is 0. The van der Waals surface area contributed by atoms with E-state index < -0.39 is 7.60 Å². The summed E-state index contributed by atoms with van der Waals surface area (Å²) in [6, 6.07) is 0. The molecule has 0 amide bonds. The molecule has 0 spiro atoms. The molecule has 12 heavy (non-hydrogen) atoms. The molecule has 0 aliphatic rings. The molecule has 0 rings (SSSR count). The van der Waals surface area contributed by atoms with Crippen molar-refractivity contribution in [2.24, 2.45) is 0 Å². The van der Waals surface area contributed by atoms with Crippen molar-refractivity contribution in [3.8, 4) is 0 Å². The van der Waals surface area contributed by atoms with Crippen LogP contribution in [-0.4, -0.2) is 33.1 Å². The van der Waals surface area contributed by atoms with Crippen LogP contribution in [0, 0.1) is 0 Å². The SMILES string of the molecule is CCP(=O)(OC)OC(C)COC. The Bertz CT molecular complexity index is 151. The molecule has 0 saturated carbocycles. The molecule has 0 aromatic heterocycles. The Hall–Kier alpha value is 0.110. The highest BCUT2D eigenvalue weighted by atomic mass is 31.2. The summed E-state index contributed by atoms with van der Waals surface area (Å²) in [6.07, 6.45) is 0.193. The Balaban J connectivity index is 3.94. The van der Waals surface area contributed by atoms with E-state index in [0.29, 0.717) is 12.8 Å². The van der Waals surface area contributed by atoms with Crippen LogP contribution >= 0.6 is 7.60 Å². The summed E-state index contributed by atoms with van der Waals surface area (Å²) in [7, 11) is 0.119. The van der Waals surface area contributed by atoms with E-state index in [2.05, 4.69) is 0 Å². The predicted octanol–water partition coefficient (Wildman–Crippen LogP) is 1.90. The van der Waals surface area contributed by atoms with Gasteiger partial charge in [-0.15, -0.1) is 0 Å². The Morgan fingerprint density at radius 1 is 1.42 bits per heavy atom. The monoisotopic (exact) mass is 196 g/mol. The van der Waals surface area contributed by atoms with Crippen molar-refractivity contribution in [3.63, 3.8) is 0 Å². The summed E-state index contributed by atoms with van der Waals surface area (Å²) in [4.78, 5) is 0. The number of hydrogen-bond donors (Lipinski definition) is 0. The summed E-state index contributed by atoms with van der Waals surface area (Å²) < 4.78 is 26.3. The molecule has 0 saturated heterocycles. The Labute approximate surface area is 73.7 Å². The average Bonchev–Trinajstić information content (AvgIpc) is 2.05. The van der Waals surface area contributed by atoms with Gasteiger partial charge in [0.1, 0.15) is 0 Å². The van der Waals surface area contributed by atoms with Crippen LogP contribution in [0.2, 0.25) is 0 Å². The van der Waals surface area contributed by atoms with E-state index in [1.807, 2.05) is 0 Å². The van der Waals surface area contributed by atoms with Crippen LogP contribution in [0.4, 0.5) is 0 Å². The first kappa shape index (κ1) is 12.1. The minimum atomic E-state index is -2.85. The van der Waals surface area contributed by atoms with E-state index in [0.717, 1.165) is 0 Å². The third-order valence-corrected chi connectivity index (χ3v) is 3.42. The third kappa shape index (κ3) is 4.21. The Kier molecular flexibility index (Phi) is 5.76. The number of methoxy groups -OCH3 is 1. The quantitative estimate of drug-likeness (QED) is 0.608. The summed E-state index contributed by atoms with van der Waals surface area (Å²) in [6.45, 7) is 3.99. The normalized spacial score (nSPS) is 18.7. The lowest BCUT2D eigenvalue weighted by molar-refractivity contribution is 0.0799. The van der Waals surface area contributed by atoms with E-state index in [1.54, 1.807) is 21.0 Å². The van der Waals surface area contributed by atoms with Crippen molar-refractivity contribution in [3.05, 3.63) is 0 Å². The van der Waals surface area contributed by atoms with E-state index in [1.165, 1.54) is 7.11 Å². The van der Waals surface area contributed by atoms with Crippen LogP contribution in [0.15, 0.2) is 0 Å². The second-order valence-corrected chi connectivity index (χ2v) is 4.91. The van der Waals surface area contributed by atoms with Gasteiger partial charge in [0.25, 0.3) is 0 Å². The first-order valence-electron chi connectivity index (χ1n) is 3.90. The number of hydrogen-bond acceptors (Lipinski definition) is 4. The van der Waals surface area contributed by atoms with Gasteiger partial charge in [-0.25, -0.2) is 0 Å². The van der Waals surface area contributed by atoms with Crippen molar-refractivity contribution < 1.29 is 18.3 Å². The minimum absolute atomic E-state index is 0.194. The lowest BCUT2D eigenvalue weighted by Crippen LogP contribution is -2.14. The maximum Gasteiger partial charge on any atom is 0.330 e. The minimum Gasteiger partial charge on any atom is -0.382 e. The predicted molar refractivity (Wildman–Crippen MR) is 47.6 cm³/mol. The first-order chi connectivity index (χ1) is 5.58. The van der Waals surface area contributed by atoms with Gasteiger partial charge in [0.15, 0.2) is 0 Å². The summed E-state index contributed by atoms with van der Waals surface area (Å²) in [5.41, 5.74) is 0. The molecule has 0 heterocycles. The molecule has 0 aliphatic heterocycles. The molecule has 5 heteroatoms. The second kappa shape index (κ2) is 5.70.